The van der Waals surface area contributed by atoms with Gasteiger partial charge >= 0.3 is 5.97 Å². The summed E-state index contributed by atoms with van der Waals surface area (Å²) < 4.78 is 4.82. The number of nitrogens with zero attached hydrogens (tertiary/aromatic N) is 2. The molecule has 1 heterocycles. The third-order valence-corrected chi connectivity index (χ3v) is 2.64. The first-order valence-electron chi connectivity index (χ1n) is 5.73. The van der Waals surface area contributed by atoms with Crippen LogP contribution in [0.3, 0.4) is 0 Å². The fraction of sp³-hybridized carbons (Fsp3) is 0.545. The molecule has 1 aliphatic carbocycles. The monoisotopic (exact) mass is 253 g/mol. The van der Waals surface area contributed by atoms with Gasteiger partial charge in [-0.05, 0) is 19.8 Å². The van der Waals surface area contributed by atoms with Crippen LogP contribution < -0.4 is 5.32 Å². The minimum absolute atomic E-state index is 0.0584. The average molecular weight is 253 g/mol. The zero-order chi connectivity index (χ0) is 13.1. The Morgan fingerprint density at radius 2 is 2.28 bits per heavy atom. The van der Waals surface area contributed by atoms with Crippen molar-refractivity contribution in [3.8, 4) is 0 Å². The zero-order valence-corrected chi connectivity index (χ0v) is 10.0. The van der Waals surface area contributed by atoms with E-state index < -0.39 is 5.97 Å². The molecule has 1 saturated carbocycles. The summed E-state index contributed by atoms with van der Waals surface area (Å²) in [5.41, 5.74) is 0. The number of carboxylic acids is 1. The van der Waals surface area contributed by atoms with Gasteiger partial charge in [-0.25, -0.2) is 0 Å². The van der Waals surface area contributed by atoms with Gasteiger partial charge in [-0.2, -0.15) is 0 Å². The van der Waals surface area contributed by atoms with Crippen molar-refractivity contribution in [3.63, 3.8) is 0 Å². The van der Waals surface area contributed by atoms with Crippen LogP contribution >= 0.6 is 0 Å². The second-order valence-corrected chi connectivity index (χ2v) is 4.40. The Morgan fingerprint density at radius 1 is 1.56 bits per heavy atom. The van der Waals surface area contributed by atoms with E-state index in [-0.39, 0.29) is 25.0 Å². The molecule has 1 aromatic rings. The molecule has 0 spiro atoms. The topological polar surface area (TPSA) is 95.7 Å². The Kier molecular flexibility index (Phi) is 3.61. The third kappa shape index (κ3) is 3.56. The Balaban J connectivity index is 1.86. The lowest BCUT2D eigenvalue weighted by atomic mass is 10.4. The van der Waals surface area contributed by atoms with Gasteiger partial charge in [0.05, 0.1) is 13.1 Å². The van der Waals surface area contributed by atoms with Gasteiger partial charge in [0.25, 0.3) is 0 Å². The Morgan fingerprint density at radius 3 is 2.78 bits per heavy atom. The summed E-state index contributed by atoms with van der Waals surface area (Å²) in [6.07, 6.45) is 1.90. The summed E-state index contributed by atoms with van der Waals surface area (Å²) in [4.78, 5) is 24.1. The first-order valence-corrected chi connectivity index (χ1v) is 5.73. The van der Waals surface area contributed by atoms with E-state index in [0.717, 1.165) is 12.8 Å². The van der Waals surface area contributed by atoms with Gasteiger partial charge in [0.2, 0.25) is 5.91 Å². The molecular weight excluding hydrogens is 238 g/mol. The molecule has 1 aliphatic rings. The molecule has 2 rings (SSSR count). The van der Waals surface area contributed by atoms with E-state index in [4.69, 9.17) is 9.63 Å². The Bertz CT molecular complexity index is 453. The van der Waals surface area contributed by atoms with Gasteiger partial charge in [0.15, 0.2) is 5.82 Å². The lowest BCUT2D eigenvalue weighted by Crippen LogP contribution is -2.38. The summed E-state index contributed by atoms with van der Waals surface area (Å²) in [5, 5.41) is 15.0. The predicted octanol–water partition coefficient (Wildman–Crippen LogP) is 0.471. The number of hydrogen-bond donors (Lipinski definition) is 2. The van der Waals surface area contributed by atoms with E-state index in [2.05, 4.69) is 10.5 Å². The van der Waals surface area contributed by atoms with Crippen molar-refractivity contribution < 1.29 is 19.2 Å². The maximum atomic E-state index is 11.7. The van der Waals surface area contributed by atoms with Crippen molar-refractivity contribution >= 4 is 17.7 Å². The first kappa shape index (κ1) is 12.6. The Labute approximate surface area is 104 Å². The number of hydrogen-bond acceptors (Lipinski definition) is 5. The SMILES string of the molecule is Cc1cc(NC(=O)CN(CC(=O)O)C2CC2)no1. The molecular formula is C11H15N3O4. The summed E-state index contributed by atoms with van der Waals surface area (Å²) in [5.74, 6) is -0.248. The predicted molar refractivity (Wildman–Crippen MR) is 62.1 cm³/mol. The van der Waals surface area contributed by atoms with Gasteiger partial charge in [-0.1, -0.05) is 5.16 Å². The van der Waals surface area contributed by atoms with Crippen molar-refractivity contribution in [2.45, 2.75) is 25.8 Å². The molecule has 7 nitrogen and oxygen atoms in total. The van der Waals surface area contributed by atoms with E-state index in [1.165, 1.54) is 0 Å². The van der Waals surface area contributed by atoms with Crippen molar-refractivity contribution in [2.75, 3.05) is 18.4 Å². The van der Waals surface area contributed by atoms with Crippen LogP contribution in [0.4, 0.5) is 5.82 Å². The summed E-state index contributed by atoms with van der Waals surface area (Å²) in [6, 6.07) is 1.82. The zero-order valence-electron chi connectivity index (χ0n) is 10.0. The molecule has 1 fully saturated rings. The van der Waals surface area contributed by atoms with E-state index in [9.17, 15) is 9.59 Å². The number of carbonyl (C=O) groups excluding carboxylic acids is 1. The van der Waals surface area contributed by atoms with Crippen LogP contribution in [-0.2, 0) is 9.59 Å². The normalized spacial score (nSPS) is 14.8. The molecule has 0 radical (unpaired) electrons. The number of carbonyl (C=O) groups is 2. The molecule has 98 valence electrons. The summed E-state index contributed by atoms with van der Waals surface area (Å²) in [7, 11) is 0. The highest BCUT2D eigenvalue weighted by atomic mass is 16.5. The van der Waals surface area contributed by atoms with E-state index in [0.29, 0.717) is 11.6 Å². The first-order chi connectivity index (χ1) is 8.54. The van der Waals surface area contributed by atoms with E-state index >= 15 is 0 Å². The second-order valence-electron chi connectivity index (χ2n) is 4.40. The fourth-order valence-electron chi connectivity index (χ4n) is 1.72. The minimum atomic E-state index is -0.924. The molecule has 2 N–H and O–H groups in total. The smallest absolute Gasteiger partial charge is 0.317 e. The molecule has 0 atom stereocenters. The number of rotatable bonds is 6. The number of aryl methyl sites for hydroxylation is 1. The molecule has 18 heavy (non-hydrogen) atoms. The molecule has 0 aliphatic heterocycles. The summed E-state index contributed by atoms with van der Waals surface area (Å²) in [6.45, 7) is 1.67. The molecule has 7 heteroatoms. The van der Waals surface area contributed by atoms with Crippen LogP contribution in [0.25, 0.3) is 0 Å². The van der Waals surface area contributed by atoms with Gasteiger partial charge in [0, 0.05) is 12.1 Å². The van der Waals surface area contributed by atoms with Crippen molar-refractivity contribution in [1.82, 2.24) is 10.1 Å². The molecule has 0 bridgehead atoms. The summed E-state index contributed by atoms with van der Waals surface area (Å²) >= 11 is 0. The van der Waals surface area contributed by atoms with Crippen LogP contribution in [0.2, 0.25) is 0 Å². The maximum absolute atomic E-state index is 11.7. The van der Waals surface area contributed by atoms with Gasteiger partial charge in [-0.3, -0.25) is 14.5 Å². The standard InChI is InChI=1S/C11H15N3O4/c1-7-4-9(13-18-7)12-10(15)5-14(6-11(16)17)8-2-3-8/h4,8H,2-3,5-6H2,1H3,(H,16,17)(H,12,13,15). The average Bonchev–Trinajstić information content (AvgIpc) is 3.02. The molecule has 0 saturated heterocycles. The van der Waals surface area contributed by atoms with Gasteiger partial charge in [-0.15, -0.1) is 0 Å². The fourth-order valence-corrected chi connectivity index (χ4v) is 1.72. The third-order valence-electron chi connectivity index (χ3n) is 2.64. The maximum Gasteiger partial charge on any atom is 0.317 e. The van der Waals surface area contributed by atoms with Crippen LogP contribution in [0, 0.1) is 6.92 Å². The second kappa shape index (κ2) is 5.18. The molecule has 1 aromatic heterocycles. The van der Waals surface area contributed by atoms with E-state index in [1.54, 1.807) is 17.9 Å². The van der Waals surface area contributed by atoms with Gasteiger partial charge < -0.3 is 14.9 Å². The largest absolute Gasteiger partial charge is 0.480 e. The lowest BCUT2D eigenvalue weighted by Gasteiger charge is -2.18. The van der Waals surface area contributed by atoms with Crippen LogP contribution in [-0.4, -0.2) is 46.2 Å². The number of aromatic nitrogens is 1. The lowest BCUT2D eigenvalue weighted by molar-refractivity contribution is -0.138. The number of aliphatic carboxylic acids is 1. The number of nitrogens with one attached hydrogen (secondary N) is 1. The van der Waals surface area contributed by atoms with E-state index in [1.807, 2.05) is 0 Å². The highest BCUT2D eigenvalue weighted by Gasteiger charge is 2.31. The van der Waals surface area contributed by atoms with Crippen LogP contribution in [0.1, 0.15) is 18.6 Å². The van der Waals surface area contributed by atoms with Gasteiger partial charge in [0.1, 0.15) is 5.76 Å². The minimum Gasteiger partial charge on any atom is -0.480 e. The number of amides is 1. The molecule has 1 amide bonds. The molecule has 0 aromatic carbocycles. The van der Waals surface area contributed by atoms with Crippen LogP contribution in [0.5, 0.6) is 0 Å². The number of anilines is 1. The highest BCUT2D eigenvalue weighted by Crippen LogP contribution is 2.26. The van der Waals surface area contributed by atoms with Crippen molar-refractivity contribution in [2.24, 2.45) is 0 Å². The quantitative estimate of drug-likeness (QED) is 0.765. The number of carboxylic acid groups (broad SMARTS) is 1. The van der Waals surface area contributed by atoms with Crippen molar-refractivity contribution in [3.05, 3.63) is 11.8 Å². The Hall–Kier alpha value is -1.89. The van der Waals surface area contributed by atoms with Crippen molar-refractivity contribution in [1.29, 1.82) is 0 Å². The van der Waals surface area contributed by atoms with Crippen LogP contribution in [0.15, 0.2) is 10.6 Å². The highest BCUT2D eigenvalue weighted by molar-refractivity contribution is 5.91. The molecule has 0 unspecified atom stereocenters.